The van der Waals surface area contributed by atoms with Gasteiger partial charge in [-0.15, -0.1) is 11.3 Å². The van der Waals surface area contributed by atoms with E-state index < -0.39 is 11.9 Å². The van der Waals surface area contributed by atoms with Crippen molar-refractivity contribution in [1.29, 1.82) is 0 Å². The van der Waals surface area contributed by atoms with Crippen LogP contribution in [-0.2, 0) is 11.2 Å². The lowest BCUT2D eigenvalue weighted by atomic mass is 9.98. The van der Waals surface area contributed by atoms with Crippen LogP contribution < -0.4 is 0 Å². The van der Waals surface area contributed by atoms with Gasteiger partial charge in [0, 0.05) is 9.90 Å². The summed E-state index contributed by atoms with van der Waals surface area (Å²) in [7, 11) is 0. The molecule has 0 saturated carbocycles. The summed E-state index contributed by atoms with van der Waals surface area (Å²) >= 11 is 13.0. The maximum absolute atomic E-state index is 11.3. The molecular formula is C13H10Cl2O2S. The van der Waals surface area contributed by atoms with Gasteiger partial charge in [-0.25, -0.2) is 0 Å². The minimum atomic E-state index is -0.853. The Morgan fingerprint density at radius 3 is 2.61 bits per heavy atom. The smallest absolute Gasteiger partial charge is 0.312 e. The fourth-order valence-electron chi connectivity index (χ4n) is 1.72. The lowest BCUT2D eigenvalue weighted by molar-refractivity contribution is -0.138. The Morgan fingerprint density at radius 2 is 2.06 bits per heavy atom. The van der Waals surface area contributed by atoms with Crippen LogP contribution in [0, 0.1) is 0 Å². The number of carbonyl (C=O) groups is 1. The van der Waals surface area contributed by atoms with E-state index in [-0.39, 0.29) is 0 Å². The summed E-state index contributed by atoms with van der Waals surface area (Å²) in [4.78, 5) is 12.1. The molecule has 0 amide bonds. The predicted molar refractivity (Wildman–Crippen MR) is 74.9 cm³/mol. The van der Waals surface area contributed by atoms with Gasteiger partial charge in [0.05, 0.1) is 10.3 Å². The zero-order chi connectivity index (χ0) is 13.1. The molecule has 0 fully saturated rings. The van der Waals surface area contributed by atoms with Gasteiger partial charge < -0.3 is 5.11 Å². The SMILES string of the molecule is O=C(O)C(Cc1cccc(Cl)c1)c1ccc(Cl)s1. The van der Waals surface area contributed by atoms with E-state index in [4.69, 9.17) is 23.2 Å². The molecule has 0 radical (unpaired) electrons. The van der Waals surface area contributed by atoms with Gasteiger partial charge in [-0.3, -0.25) is 4.79 Å². The van der Waals surface area contributed by atoms with Gasteiger partial charge in [0.15, 0.2) is 0 Å². The highest BCUT2D eigenvalue weighted by Crippen LogP contribution is 2.31. The first-order valence-electron chi connectivity index (χ1n) is 5.29. The molecule has 0 aliphatic carbocycles. The molecule has 0 aliphatic heterocycles. The van der Waals surface area contributed by atoms with E-state index in [0.29, 0.717) is 15.8 Å². The van der Waals surface area contributed by atoms with Crippen LogP contribution in [0.1, 0.15) is 16.4 Å². The third-order valence-electron chi connectivity index (χ3n) is 2.56. The number of hydrogen-bond acceptors (Lipinski definition) is 2. The van der Waals surface area contributed by atoms with Crippen molar-refractivity contribution in [2.45, 2.75) is 12.3 Å². The van der Waals surface area contributed by atoms with E-state index in [1.54, 1.807) is 24.3 Å². The molecule has 2 nitrogen and oxygen atoms in total. The predicted octanol–water partition coefficient (Wildman–Crippen LogP) is 4.47. The number of benzene rings is 1. The van der Waals surface area contributed by atoms with Gasteiger partial charge in [0.2, 0.25) is 0 Å². The van der Waals surface area contributed by atoms with E-state index in [9.17, 15) is 9.90 Å². The average molecular weight is 301 g/mol. The molecule has 1 N–H and O–H groups in total. The van der Waals surface area contributed by atoms with E-state index in [1.165, 1.54) is 11.3 Å². The Hall–Kier alpha value is -1.03. The standard InChI is InChI=1S/C13H10Cl2O2S/c14-9-3-1-2-8(6-9)7-10(13(16)17)11-4-5-12(15)18-11/h1-6,10H,7H2,(H,16,17). The molecule has 18 heavy (non-hydrogen) atoms. The summed E-state index contributed by atoms with van der Waals surface area (Å²) in [6.07, 6.45) is 0.409. The first-order valence-corrected chi connectivity index (χ1v) is 6.86. The highest BCUT2D eigenvalue weighted by molar-refractivity contribution is 7.16. The number of aliphatic carboxylic acids is 1. The normalized spacial score (nSPS) is 12.3. The van der Waals surface area contributed by atoms with Crippen LogP contribution in [0.4, 0.5) is 0 Å². The minimum absolute atomic E-state index is 0.409. The second-order valence-electron chi connectivity index (χ2n) is 3.87. The van der Waals surface area contributed by atoms with Crippen LogP contribution in [-0.4, -0.2) is 11.1 Å². The molecule has 1 atom stereocenters. The Morgan fingerprint density at radius 1 is 1.28 bits per heavy atom. The Bertz CT molecular complexity index is 566. The molecule has 0 bridgehead atoms. The summed E-state index contributed by atoms with van der Waals surface area (Å²) in [6.45, 7) is 0. The Labute approximate surface area is 119 Å². The summed E-state index contributed by atoms with van der Waals surface area (Å²) in [5, 5.41) is 9.91. The zero-order valence-corrected chi connectivity index (χ0v) is 11.6. The minimum Gasteiger partial charge on any atom is -0.481 e. The summed E-state index contributed by atoms with van der Waals surface area (Å²) < 4.78 is 0.599. The first-order chi connectivity index (χ1) is 8.56. The average Bonchev–Trinajstić information content (AvgIpc) is 2.72. The maximum atomic E-state index is 11.3. The highest BCUT2D eigenvalue weighted by atomic mass is 35.5. The lowest BCUT2D eigenvalue weighted by Gasteiger charge is -2.10. The van der Waals surface area contributed by atoms with Gasteiger partial charge in [-0.2, -0.15) is 0 Å². The molecule has 2 rings (SSSR count). The molecular weight excluding hydrogens is 291 g/mol. The number of halogens is 2. The Kier molecular flexibility index (Phi) is 4.27. The number of hydrogen-bond donors (Lipinski definition) is 1. The quantitative estimate of drug-likeness (QED) is 0.905. The third-order valence-corrected chi connectivity index (χ3v) is 4.14. The number of carboxylic acid groups (broad SMARTS) is 1. The van der Waals surface area contributed by atoms with Crippen molar-refractivity contribution in [2.24, 2.45) is 0 Å². The molecule has 1 aromatic carbocycles. The summed E-state index contributed by atoms with van der Waals surface area (Å²) in [5.41, 5.74) is 0.902. The van der Waals surface area contributed by atoms with Gasteiger partial charge in [0.1, 0.15) is 0 Å². The molecule has 0 aliphatic rings. The lowest BCUT2D eigenvalue weighted by Crippen LogP contribution is -2.13. The van der Waals surface area contributed by atoms with Crippen molar-refractivity contribution >= 4 is 40.5 Å². The van der Waals surface area contributed by atoms with Crippen molar-refractivity contribution in [3.05, 3.63) is 56.2 Å². The monoisotopic (exact) mass is 300 g/mol. The van der Waals surface area contributed by atoms with Crippen LogP contribution in [0.2, 0.25) is 9.36 Å². The Balaban J connectivity index is 2.24. The summed E-state index contributed by atoms with van der Waals surface area (Å²) in [6, 6.07) is 10.7. The molecule has 0 saturated heterocycles. The molecule has 94 valence electrons. The zero-order valence-electron chi connectivity index (χ0n) is 9.27. The second-order valence-corrected chi connectivity index (χ2v) is 6.05. The van der Waals surface area contributed by atoms with Crippen LogP contribution in [0.25, 0.3) is 0 Å². The van der Waals surface area contributed by atoms with Crippen LogP contribution in [0.15, 0.2) is 36.4 Å². The molecule has 1 aromatic heterocycles. The van der Waals surface area contributed by atoms with Crippen LogP contribution in [0.3, 0.4) is 0 Å². The van der Waals surface area contributed by atoms with Gasteiger partial charge in [0.25, 0.3) is 0 Å². The van der Waals surface area contributed by atoms with Gasteiger partial charge in [-0.05, 0) is 36.2 Å². The highest BCUT2D eigenvalue weighted by Gasteiger charge is 2.22. The van der Waals surface area contributed by atoms with Crippen molar-refractivity contribution < 1.29 is 9.90 Å². The molecule has 1 heterocycles. The van der Waals surface area contributed by atoms with Crippen molar-refractivity contribution in [3.63, 3.8) is 0 Å². The fourth-order valence-corrected chi connectivity index (χ4v) is 3.09. The first kappa shape index (κ1) is 13.4. The van der Waals surface area contributed by atoms with Crippen LogP contribution in [0.5, 0.6) is 0 Å². The second kappa shape index (κ2) is 5.74. The fraction of sp³-hybridized carbons (Fsp3) is 0.154. The van der Waals surface area contributed by atoms with Gasteiger partial charge in [-0.1, -0.05) is 35.3 Å². The van der Waals surface area contributed by atoms with Crippen molar-refractivity contribution in [2.75, 3.05) is 0 Å². The van der Waals surface area contributed by atoms with E-state index in [0.717, 1.165) is 10.4 Å². The van der Waals surface area contributed by atoms with Gasteiger partial charge >= 0.3 is 5.97 Å². The van der Waals surface area contributed by atoms with Crippen molar-refractivity contribution in [1.82, 2.24) is 0 Å². The summed E-state index contributed by atoms with van der Waals surface area (Å²) in [5.74, 6) is -1.44. The number of thiophene rings is 1. The van der Waals surface area contributed by atoms with Crippen LogP contribution >= 0.6 is 34.5 Å². The van der Waals surface area contributed by atoms with E-state index >= 15 is 0 Å². The third kappa shape index (κ3) is 3.25. The molecule has 5 heteroatoms. The van der Waals surface area contributed by atoms with Crippen molar-refractivity contribution in [3.8, 4) is 0 Å². The number of rotatable bonds is 4. The van der Waals surface area contributed by atoms with E-state index in [2.05, 4.69) is 0 Å². The largest absolute Gasteiger partial charge is 0.481 e. The molecule has 0 spiro atoms. The number of carboxylic acids is 1. The molecule has 1 unspecified atom stereocenters. The topological polar surface area (TPSA) is 37.3 Å². The van der Waals surface area contributed by atoms with E-state index in [1.807, 2.05) is 12.1 Å². The molecule has 2 aromatic rings. The maximum Gasteiger partial charge on any atom is 0.312 e.